The van der Waals surface area contributed by atoms with Gasteiger partial charge < -0.3 is 9.84 Å². The van der Waals surface area contributed by atoms with Gasteiger partial charge in [-0.05, 0) is 30.3 Å². The number of carbonyl (C=O) groups is 1. The molecule has 0 bridgehead atoms. The Balaban J connectivity index is 1.60. The van der Waals surface area contributed by atoms with Crippen LogP contribution in [0.1, 0.15) is 12.3 Å². The average Bonchev–Trinajstić information content (AvgIpc) is 3.10. The van der Waals surface area contributed by atoms with Crippen LogP contribution in [-0.2, 0) is 11.2 Å². The molecule has 0 unspecified atom stereocenters. The molecular weight excluding hydrogens is 343 g/mol. The summed E-state index contributed by atoms with van der Waals surface area (Å²) in [5.41, 5.74) is 0.531. The van der Waals surface area contributed by atoms with Crippen LogP contribution < -0.4 is 5.32 Å². The van der Waals surface area contributed by atoms with Gasteiger partial charge in [0.2, 0.25) is 17.6 Å². The third kappa shape index (κ3) is 4.07. The summed E-state index contributed by atoms with van der Waals surface area (Å²) < 4.78 is 18.0. The Morgan fingerprint density at radius 3 is 2.65 bits per heavy atom. The lowest BCUT2D eigenvalue weighted by molar-refractivity contribution is -0.383. The number of halogens is 1. The molecule has 1 heterocycles. The van der Waals surface area contributed by atoms with Crippen LogP contribution >= 0.6 is 0 Å². The van der Waals surface area contributed by atoms with Gasteiger partial charge in [-0.15, -0.1) is 0 Å². The van der Waals surface area contributed by atoms with Crippen molar-refractivity contribution in [3.8, 4) is 11.4 Å². The van der Waals surface area contributed by atoms with Gasteiger partial charge in [0, 0.05) is 24.5 Å². The number of anilines is 1. The Kier molecular flexibility index (Phi) is 4.97. The largest absolute Gasteiger partial charge is 0.339 e. The Labute approximate surface area is 146 Å². The lowest BCUT2D eigenvalue weighted by atomic mass is 10.2. The standard InChI is InChI=1S/C17H13FN4O4/c18-12-7-5-11(6-8-12)17-20-16(26-21-17)10-9-15(23)19-13-3-1-2-4-14(13)22(24)25/h1-8H,9-10H2,(H,19,23). The molecule has 1 aromatic heterocycles. The minimum Gasteiger partial charge on any atom is -0.339 e. The zero-order valence-corrected chi connectivity index (χ0v) is 13.4. The zero-order valence-electron chi connectivity index (χ0n) is 13.4. The number of carbonyl (C=O) groups excluding carboxylic acids is 1. The predicted octanol–water partition coefficient (Wildman–Crippen LogP) is 3.36. The second-order valence-corrected chi connectivity index (χ2v) is 5.34. The summed E-state index contributed by atoms with van der Waals surface area (Å²) in [6.07, 6.45) is 0.178. The maximum atomic E-state index is 12.9. The highest BCUT2D eigenvalue weighted by molar-refractivity contribution is 5.93. The molecule has 26 heavy (non-hydrogen) atoms. The highest BCUT2D eigenvalue weighted by Crippen LogP contribution is 2.23. The maximum absolute atomic E-state index is 12.9. The molecule has 0 aliphatic heterocycles. The van der Waals surface area contributed by atoms with Crippen molar-refractivity contribution in [1.82, 2.24) is 10.1 Å². The number of hydrogen-bond donors (Lipinski definition) is 1. The topological polar surface area (TPSA) is 111 Å². The van der Waals surface area contributed by atoms with Gasteiger partial charge in [-0.2, -0.15) is 4.98 Å². The minimum absolute atomic E-state index is 0.0110. The molecular formula is C17H13FN4O4. The number of aryl methyl sites for hydroxylation is 1. The first-order valence-corrected chi connectivity index (χ1v) is 7.65. The fourth-order valence-electron chi connectivity index (χ4n) is 2.24. The first-order valence-electron chi connectivity index (χ1n) is 7.65. The molecule has 3 aromatic rings. The van der Waals surface area contributed by atoms with Gasteiger partial charge in [-0.1, -0.05) is 17.3 Å². The van der Waals surface area contributed by atoms with Crippen LogP contribution in [0.5, 0.6) is 0 Å². The van der Waals surface area contributed by atoms with Gasteiger partial charge in [0.1, 0.15) is 11.5 Å². The molecule has 1 N–H and O–H groups in total. The second kappa shape index (κ2) is 7.51. The minimum atomic E-state index is -0.567. The smallest absolute Gasteiger partial charge is 0.292 e. The Hall–Kier alpha value is -3.62. The van der Waals surface area contributed by atoms with Crippen molar-refractivity contribution < 1.29 is 18.6 Å². The van der Waals surface area contributed by atoms with E-state index in [9.17, 15) is 19.3 Å². The van der Waals surface area contributed by atoms with E-state index in [1.807, 2.05) is 0 Å². The van der Waals surface area contributed by atoms with Gasteiger partial charge in [-0.3, -0.25) is 14.9 Å². The summed E-state index contributed by atoms with van der Waals surface area (Å²) in [7, 11) is 0. The summed E-state index contributed by atoms with van der Waals surface area (Å²) in [6.45, 7) is 0. The fourth-order valence-corrected chi connectivity index (χ4v) is 2.24. The van der Waals surface area contributed by atoms with Gasteiger partial charge in [0.05, 0.1) is 4.92 Å². The van der Waals surface area contributed by atoms with Crippen LogP contribution in [0.4, 0.5) is 15.8 Å². The van der Waals surface area contributed by atoms with E-state index < -0.39 is 10.8 Å². The Morgan fingerprint density at radius 1 is 1.19 bits per heavy atom. The Bertz CT molecular complexity index is 940. The molecule has 0 radical (unpaired) electrons. The first-order chi connectivity index (χ1) is 12.5. The van der Waals surface area contributed by atoms with Crippen LogP contribution in [-0.4, -0.2) is 21.0 Å². The summed E-state index contributed by atoms with van der Waals surface area (Å²) in [4.78, 5) is 26.5. The highest BCUT2D eigenvalue weighted by atomic mass is 19.1. The van der Waals surface area contributed by atoms with E-state index in [0.717, 1.165) is 0 Å². The van der Waals surface area contributed by atoms with Crippen molar-refractivity contribution in [1.29, 1.82) is 0 Å². The predicted molar refractivity (Wildman–Crippen MR) is 89.7 cm³/mol. The normalized spacial score (nSPS) is 10.5. The molecule has 0 saturated heterocycles. The molecule has 0 saturated carbocycles. The van der Waals surface area contributed by atoms with E-state index in [-0.39, 0.29) is 35.9 Å². The van der Waals surface area contributed by atoms with Crippen LogP contribution in [0.15, 0.2) is 53.1 Å². The van der Waals surface area contributed by atoms with Crippen LogP contribution in [0.25, 0.3) is 11.4 Å². The molecule has 9 heteroatoms. The SMILES string of the molecule is O=C(CCc1nc(-c2ccc(F)cc2)no1)Nc1ccccc1[N+](=O)[O-]. The van der Waals surface area contributed by atoms with Crippen molar-refractivity contribution in [3.63, 3.8) is 0 Å². The molecule has 8 nitrogen and oxygen atoms in total. The molecule has 0 aliphatic carbocycles. The molecule has 132 valence electrons. The van der Waals surface area contributed by atoms with E-state index in [1.165, 1.54) is 42.5 Å². The van der Waals surface area contributed by atoms with Gasteiger partial charge >= 0.3 is 0 Å². The molecule has 0 spiro atoms. The number of amides is 1. The molecule has 0 atom stereocenters. The third-order valence-corrected chi connectivity index (χ3v) is 3.51. The van der Waals surface area contributed by atoms with E-state index in [0.29, 0.717) is 11.4 Å². The number of nitro benzene ring substituents is 1. The van der Waals surface area contributed by atoms with Crippen molar-refractivity contribution in [2.75, 3.05) is 5.32 Å². The number of aromatic nitrogens is 2. The zero-order chi connectivity index (χ0) is 18.5. The molecule has 0 fully saturated rings. The number of nitrogens with one attached hydrogen (secondary N) is 1. The molecule has 2 aromatic carbocycles. The average molecular weight is 356 g/mol. The number of nitro groups is 1. The second-order valence-electron chi connectivity index (χ2n) is 5.34. The summed E-state index contributed by atoms with van der Waals surface area (Å²) in [5, 5.41) is 17.2. The van der Waals surface area contributed by atoms with Crippen LogP contribution in [0.2, 0.25) is 0 Å². The summed E-state index contributed by atoms with van der Waals surface area (Å²) in [6, 6.07) is 11.5. The lowest BCUT2D eigenvalue weighted by Gasteiger charge is -2.04. The van der Waals surface area contributed by atoms with E-state index in [4.69, 9.17) is 4.52 Å². The van der Waals surface area contributed by atoms with Gasteiger partial charge in [-0.25, -0.2) is 4.39 Å². The maximum Gasteiger partial charge on any atom is 0.292 e. The molecule has 3 rings (SSSR count). The highest BCUT2D eigenvalue weighted by Gasteiger charge is 2.16. The number of nitrogens with zero attached hydrogens (tertiary/aromatic N) is 3. The first kappa shape index (κ1) is 17.2. The number of rotatable bonds is 6. The third-order valence-electron chi connectivity index (χ3n) is 3.51. The number of hydrogen-bond acceptors (Lipinski definition) is 6. The van der Waals surface area contributed by atoms with E-state index in [1.54, 1.807) is 6.07 Å². The van der Waals surface area contributed by atoms with Crippen molar-refractivity contribution in [2.45, 2.75) is 12.8 Å². The number of para-hydroxylation sites is 2. The van der Waals surface area contributed by atoms with Crippen molar-refractivity contribution >= 4 is 17.3 Å². The van der Waals surface area contributed by atoms with Crippen molar-refractivity contribution in [2.24, 2.45) is 0 Å². The summed E-state index contributed by atoms with van der Waals surface area (Å²) >= 11 is 0. The van der Waals surface area contributed by atoms with Crippen molar-refractivity contribution in [3.05, 3.63) is 70.4 Å². The van der Waals surface area contributed by atoms with Crippen LogP contribution in [0.3, 0.4) is 0 Å². The van der Waals surface area contributed by atoms with Crippen LogP contribution in [0, 0.1) is 15.9 Å². The quantitative estimate of drug-likeness (QED) is 0.535. The monoisotopic (exact) mass is 356 g/mol. The van der Waals surface area contributed by atoms with Gasteiger partial charge in [0.15, 0.2) is 0 Å². The van der Waals surface area contributed by atoms with Gasteiger partial charge in [0.25, 0.3) is 5.69 Å². The molecule has 1 amide bonds. The lowest BCUT2D eigenvalue weighted by Crippen LogP contribution is -2.13. The fraction of sp³-hybridized carbons (Fsp3) is 0.118. The number of benzene rings is 2. The molecule has 0 aliphatic rings. The summed E-state index contributed by atoms with van der Waals surface area (Å²) in [5.74, 6) is -0.258. The Morgan fingerprint density at radius 2 is 1.92 bits per heavy atom. The van der Waals surface area contributed by atoms with E-state index in [2.05, 4.69) is 15.5 Å². The van der Waals surface area contributed by atoms with E-state index >= 15 is 0 Å².